The van der Waals surface area contributed by atoms with E-state index in [0.717, 1.165) is 0 Å². The van der Waals surface area contributed by atoms with E-state index in [4.69, 9.17) is 0 Å². The summed E-state index contributed by atoms with van der Waals surface area (Å²) < 4.78 is -0.778. The minimum atomic E-state index is -1.56. The van der Waals surface area contributed by atoms with Crippen LogP contribution < -0.4 is 45.1 Å². The van der Waals surface area contributed by atoms with Gasteiger partial charge in [-0.05, 0) is 36.2 Å². The molecule has 1 aromatic heterocycles. The molecule has 0 bridgehead atoms. The van der Waals surface area contributed by atoms with Crippen LogP contribution in [0.2, 0.25) is 0 Å². The van der Waals surface area contributed by atoms with Crippen LogP contribution in [0.15, 0.2) is 16.8 Å². The fourth-order valence-electron chi connectivity index (χ4n) is 3.20. The number of nitrogens with zero attached hydrogens (tertiary/aromatic N) is 1. The predicted molar refractivity (Wildman–Crippen MR) is 85.1 cm³/mol. The number of hydrogen-bond donors (Lipinski definition) is 1. The number of carbonyl (C=O) groups is 4. The molecule has 2 saturated heterocycles. The zero-order chi connectivity index (χ0) is 18.5. The molecule has 8 nitrogen and oxygen atoms in total. The Morgan fingerprint density at radius 3 is 2.46 bits per heavy atom. The van der Waals surface area contributed by atoms with Crippen molar-refractivity contribution in [2.24, 2.45) is 0 Å². The van der Waals surface area contributed by atoms with Crippen LogP contribution in [0, 0.1) is 0 Å². The Bertz CT molecular complexity index is 753. The summed E-state index contributed by atoms with van der Waals surface area (Å²) in [4.78, 5) is 48.5. The van der Waals surface area contributed by atoms with Gasteiger partial charge in [-0.3, -0.25) is 9.59 Å². The van der Waals surface area contributed by atoms with Crippen LogP contribution in [-0.4, -0.2) is 50.9 Å². The molecule has 11 heteroatoms. The van der Waals surface area contributed by atoms with Gasteiger partial charge < -0.3 is 30.0 Å². The number of carboxylic acids is 2. The number of β-lactam (4-membered cyclic amide) rings is 1. The number of aliphatic carboxylic acids is 2. The Hall–Kier alpha value is -1.07. The van der Waals surface area contributed by atoms with Crippen molar-refractivity contribution in [2.45, 2.75) is 42.0 Å². The number of hydrogen-bond acceptors (Lipinski definition) is 8. The standard InChI is InChI=1S/C15H16N2O6S2.Na/c1-15(2)9(14(22)23)17-11(19)8(12(17)25-15)16-10(18)7(13(20)21)6-3-4-24-5-6;/h3-5,7-9,12H,1-2H3,(H,16,18)(H,20,21)(H,22,23);/q;+1/p-2/t7-,8-,9+,12-;/m1./s1. The summed E-state index contributed by atoms with van der Waals surface area (Å²) in [5.74, 6) is -5.86. The second-order valence-corrected chi connectivity index (χ2v) is 8.92. The smallest absolute Gasteiger partial charge is 0.549 e. The Balaban J connectivity index is 0.00000243. The van der Waals surface area contributed by atoms with E-state index >= 15 is 0 Å². The molecule has 134 valence electrons. The van der Waals surface area contributed by atoms with E-state index in [1.807, 2.05) is 0 Å². The maximum Gasteiger partial charge on any atom is 1.00 e. The molecule has 0 unspecified atom stereocenters. The Morgan fingerprint density at radius 2 is 1.96 bits per heavy atom. The Morgan fingerprint density at radius 1 is 1.31 bits per heavy atom. The van der Waals surface area contributed by atoms with Crippen molar-refractivity contribution in [3.63, 3.8) is 0 Å². The van der Waals surface area contributed by atoms with Crippen LogP contribution in [0.25, 0.3) is 0 Å². The summed E-state index contributed by atoms with van der Waals surface area (Å²) in [6.07, 6.45) is 0. The van der Waals surface area contributed by atoms with Crippen LogP contribution in [0.1, 0.15) is 25.3 Å². The molecular weight excluding hydrogens is 391 g/mol. The number of nitrogens with one attached hydrogen (secondary N) is 1. The number of carbonyl (C=O) groups excluding carboxylic acids is 4. The molecule has 2 aliphatic rings. The molecule has 0 aromatic carbocycles. The molecule has 26 heavy (non-hydrogen) atoms. The second kappa shape index (κ2) is 7.51. The predicted octanol–water partition coefficient (Wildman–Crippen LogP) is -5.12. The minimum absolute atomic E-state index is 0. The summed E-state index contributed by atoms with van der Waals surface area (Å²) in [5, 5.41) is 27.7. The van der Waals surface area contributed by atoms with Gasteiger partial charge in [0.15, 0.2) is 0 Å². The maximum atomic E-state index is 12.4. The normalized spacial score (nSPS) is 26.9. The van der Waals surface area contributed by atoms with E-state index in [9.17, 15) is 29.4 Å². The monoisotopic (exact) mass is 405 g/mol. The number of thioether (sulfide) groups is 1. The molecule has 0 saturated carbocycles. The number of amides is 2. The summed E-state index contributed by atoms with van der Waals surface area (Å²) in [6.45, 7) is 3.36. The van der Waals surface area contributed by atoms with Gasteiger partial charge in [-0.15, -0.1) is 11.8 Å². The third-order valence-electron chi connectivity index (χ3n) is 4.34. The molecule has 0 radical (unpaired) electrons. The first-order chi connectivity index (χ1) is 11.6. The zero-order valence-corrected chi connectivity index (χ0v) is 17.9. The van der Waals surface area contributed by atoms with Crippen LogP contribution in [0.3, 0.4) is 0 Å². The number of carboxylic acid groups (broad SMARTS) is 2. The van der Waals surface area contributed by atoms with E-state index in [-0.39, 0.29) is 35.1 Å². The Kier molecular flexibility index (Phi) is 6.13. The van der Waals surface area contributed by atoms with Crippen molar-refractivity contribution in [1.29, 1.82) is 0 Å². The van der Waals surface area contributed by atoms with Crippen LogP contribution in [0.4, 0.5) is 0 Å². The molecule has 2 aliphatic heterocycles. The van der Waals surface area contributed by atoms with Crippen molar-refractivity contribution in [2.75, 3.05) is 0 Å². The van der Waals surface area contributed by atoms with E-state index in [1.165, 1.54) is 39.4 Å². The average Bonchev–Trinajstić information content (AvgIpc) is 3.09. The third kappa shape index (κ3) is 3.40. The minimum Gasteiger partial charge on any atom is -0.549 e. The van der Waals surface area contributed by atoms with Crippen molar-refractivity contribution in [3.05, 3.63) is 22.4 Å². The third-order valence-corrected chi connectivity index (χ3v) is 6.61. The molecule has 2 fully saturated rings. The summed E-state index contributed by atoms with van der Waals surface area (Å²) in [7, 11) is 0. The van der Waals surface area contributed by atoms with Gasteiger partial charge in [0.2, 0.25) is 11.8 Å². The molecule has 1 N–H and O–H groups in total. The van der Waals surface area contributed by atoms with Crippen molar-refractivity contribution in [3.8, 4) is 0 Å². The maximum absolute atomic E-state index is 12.4. The topological polar surface area (TPSA) is 130 Å². The van der Waals surface area contributed by atoms with Gasteiger partial charge >= 0.3 is 29.6 Å². The molecule has 3 heterocycles. The van der Waals surface area contributed by atoms with Crippen LogP contribution in [0.5, 0.6) is 0 Å². The number of thiophene rings is 1. The molecule has 3 rings (SSSR count). The number of rotatable bonds is 5. The summed E-state index contributed by atoms with van der Waals surface area (Å²) in [5.41, 5.74) is 0.276. The fraction of sp³-hybridized carbons (Fsp3) is 0.467. The van der Waals surface area contributed by atoms with Crippen molar-refractivity contribution < 1.29 is 58.9 Å². The SMILES string of the molecule is CC1(C)S[C@@H]2[C@H](NC(=O)[C@H](C(=O)[O-])c3ccsc3)C(=O)N2[C@H]1C(=O)[O-].[Na+]. The first kappa shape index (κ1) is 21.2. The van der Waals surface area contributed by atoms with E-state index in [1.54, 1.807) is 19.2 Å². The summed E-state index contributed by atoms with van der Waals surface area (Å²) in [6, 6.07) is -0.572. The van der Waals surface area contributed by atoms with Gasteiger partial charge in [0, 0.05) is 4.75 Å². The Labute approximate surface area is 179 Å². The molecule has 0 spiro atoms. The van der Waals surface area contributed by atoms with E-state index < -0.39 is 51.9 Å². The molecular formula is C15H14N2NaO6S2-. The van der Waals surface area contributed by atoms with Crippen molar-refractivity contribution in [1.82, 2.24) is 10.2 Å². The van der Waals surface area contributed by atoms with Crippen molar-refractivity contribution >= 4 is 46.9 Å². The zero-order valence-electron chi connectivity index (χ0n) is 14.3. The molecule has 1 aromatic rings. The molecule has 2 amide bonds. The van der Waals surface area contributed by atoms with Gasteiger partial charge in [-0.2, -0.15) is 11.3 Å². The molecule has 0 aliphatic carbocycles. The second-order valence-electron chi connectivity index (χ2n) is 6.37. The largest absolute Gasteiger partial charge is 1.00 e. The van der Waals surface area contributed by atoms with Crippen LogP contribution >= 0.6 is 23.1 Å². The summed E-state index contributed by atoms with van der Waals surface area (Å²) >= 11 is 2.47. The van der Waals surface area contributed by atoms with Gasteiger partial charge in [-0.25, -0.2) is 0 Å². The van der Waals surface area contributed by atoms with Gasteiger partial charge in [0.1, 0.15) is 17.3 Å². The first-order valence-electron chi connectivity index (χ1n) is 7.39. The first-order valence-corrected chi connectivity index (χ1v) is 9.21. The quantitative estimate of drug-likeness (QED) is 0.295. The fourth-order valence-corrected chi connectivity index (χ4v) is 5.50. The van der Waals surface area contributed by atoms with E-state index in [0.29, 0.717) is 0 Å². The van der Waals surface area contributed by atoms with Gasteiger partial charge in [-0.1, -0.05) is 0 Å². The van der Waals surface area contributed by atoms with E-state index in [2.05, 4.69) is 5.32 Å². The van der Waals surface area contributed by atoms with Crippen LogP contribution in [-0.2, 0) is 19.2 Å². The molecule has 4 atom stereocenters. The number of fused-ring (bicyclic) bond motifs is 1. The van der Waals surface area contributed by atoms with Gasteiger partial charge in [0.25, 0.3) is 0 Å². The average molecular weight is 405 g/mol. The van der Waals surface area contributed by atoms with Gasteiger partial charge in [0.05, 0.1) is 18.0 Å².